The molecule has 0 saturated heterocycles. The molecule has 2 unspecified atom stereocenters. The van der Waals surface area contributed by atoms with Crippen molar-refractivity contribution in [1.29, 1.82) is 0 Å². The molecule has 172 valence electrons. The number of quaternary nitrogens is 3. The minimum absolute atomic E-state index is 0.0725. The SMILES string of the molecule is C=Cc1cc(NC(=O)CNC(=O)C([NH3+])CC([NH3+])C[NH3+])c[nH+]c1C=C.CCc1ccccc1. The molecule has 1 aromatic carbocycles. The third kappa shape index (κ3) is 9.65. The van der Waals surface area contributed by atoms with Gasteiger partial charge in [-0.15, -0.1) is 0 Å². The summed E-state index contributed by atoms with van der Waals surface area (Å²) in [5.74, 6) is -0.596. The van der Waals surface area contributed by atoms with Gasteiger partial charge in [0, 0.05) is 11.6 Å². The molecular formula is C24H38N6O2+4. The largest absolute Gasteiger partial charge is 0.353 e. The maximum atomic E-state index is 11.9. The first-order valence-corrected chi connectivity index (χ1v) is 10.7. The highest BCUT2D eigenvalue weighted by molar-refractivity contribution is 5.95. The lowest BCUT2D eigenvalue weighted by Crippen LogP contribution is -2.77. The summed E-state index contributed by atoms with van der Waals surface area (Å²) < 4.78 is 0. The highest BCUT2D eigenvalue weighted by Gasteiger charge is 2.23. The van der Waals surface area contributed by atoms with Crippen molar-refractivity contribution < 1.29 is 31.8 Å². The quantitative estimate of drug-likeness (QED) is 0.318. The first kappa shape index (κ1) is 26.7. The van der Waals surface area contributed by atoms with Crippen LogP contribution in [-0.4, -0.2) is 37.0 Å². The number of hydrogen-bond acceptors (Lipinski definition) is 2. The van der Waals surface area contributed by atoms with Gasteiger partial charge in [-0.2, -0.15) is 0 Å². The molecule has 0 saturated carbocycles. The maximum absolute atomic E-state index is 11.9. The molecule has 8 nitrogen and oxygen atoms in total. The highest BCUT2D eigenvalue weighted by Crippen LogP contribution is 2.12. The van der Waals surface area contributed by atoms with Crippen LogP contribution in [-0.2, 0) is 16.0 Å². The van der Waals surface area contributed by atoms with Gasteiger partial charge < -0.3 is 27.8 Å². The van der Waals surface area contributed by atoms with Gasteiger partial charge in [-0.05, 0) is 18.1 Å². The zero-order valence-corrected chi connectivity index (χ0v) is 19.0. The number of aromatic nitrogens is 1. The summed E-state index contributed by atoms with van der Waals surface area (Å²) >= 11 is 0. The number of anilines is 1. The van der Waals surface area contributed by atoms with Crippen LogP contribution < -0.4 is 32.8 Å². The molecule has 12 N–H and O–H groups in total. The molecule has 0 aliphatic rings. The second-order valence-corrected chi connectivity index (χ2v) is 7.36. The number of hydrogen-bond donors (Lipinski definition) is 5. The number of nitrogens with one attached hydrogen (secondary N) is 3. The molecule has 1 aromatic heterocycles. The average molecular weight is 443 g/mol. The van der Waals surface area contributed by atoms with Gasteiger partial charge in [0.2, 0.25) is 11.6 Å². The molecule has 2 amide bonds. The van der Waals surface area contributed by atoms with E-state index in [2.05, 4.69) is 77.2 Å². The fourth-order valence-electron chi connectivity index (χ4n) is 2.80. The van der Waals surface area contributed by atoms with Crippen molar-refractivity contribution in [2.75, 3.05) is 18.4 Å². The van der Waals surface area contributed by atoms with Crippen LogP contribution in [0.2, 0.25) is 0 Å². The van der Waals surface area contributed by atoms with Crippen LogP contribution in [0.15, 0.2) is 55.8 Å². The topological polar surface area (TPSA) is 155 Å². The molecule has 0 fully saturated rings. The van der Waals surface area contributed by atoms with Crippen molar-refractivity contribution in [3.05, 3.63) is 72.6 Å². The summed E-state index contributed by atoms with van der Waals surface area (Å²) in [5.41, 5.74) is 15.0. The zero-order valence-electron chi connectivity index (χ0n) is 19.0. The normalized spacial score (nSPS) is 11.9. The van der Waals surface area contributed by atoms with Gasteiger partial charge in [0.25, 0.3) is 5.91 Å². The van der Waals surface area contributed by atoms with Crippen LogP contribution in [0.4, 0.5) is 5.69 Å². The van der Waals surface area contributed by atoms with Crippen molar-refractivity contribution in [3.63, 3.8) is 0 Å². The summed E-state index contributed by atoms with van der Waals surface area (Å²) in [6.07, 6.45) is 6.66. The number of amides is 2. The van der Waals surface area contributed by atoms with Crippen molar-refractivity contribution in [2.45, 2.75) is 31.8 Å². The minimum Gasteiger partial charge on any atom is -0.353 e. The summed E-state index contributed by atoms with van der Waals surface area (Å²) in [5, 5.41) is 5.28. The first-order chi connectivity index (χ1) is 15.3. The number of carbonyl (C=O) groups excluding carboxylic acids is 2. The molecule has 2 atom stereocenters. The smallest absolute Gasteiger partial charge is 0.278 e. The predicted molar refractivity (Wildman–Crippen MR) is 126 cm³/mol. The van der Waals surface area contributed by atoms with E-state index in [0.29, 0.717) is 18.7 Å². The Morgan fingerprint density at radius 3 is 2.38 bits per heavy atom. The van der Waals surface area contributed by atoms with Crippen LogP contribution in [0.5, 0.6) is 0 Å². The molecule has 0 spiro atoms. The molecule has 32 heavy (non-hydrogen) atoms. The Balaban J connectivity index is 0.000000533. The third-order valence-corrected chi connectivity index (χ3v) is 4.78. The lowest BCUT2D eigenvalue weighted by molar-refractivity contribution is -0.507. The Kier molecular flexibility index (Phi) is 12.2. The molecule has 1 heterocycles. The molecule has 0 bridgehead atoms. The van der Waals surface area contributed by atoms with E-state index in [-0.39, 0.29) is 24.4 Å². The highest BCUT2D eigenvalue weighted by atomic mass is 16.2. The monoisotopic (exact) mass is 442 g/mol. The second-order valence-electron chi connectivity index (χ2n) is 7.36. The van der Waals surface area contributed by atoms with E-state index in [1.165, 1.54) is 5.56 Å². The molecule has 0 aliphatic carbocycles. The second kappa shape index (κ2) is 14.6. The van der Waals surface area contributed by atoms with Gasteiger partial charge >= 0.3 is 0 Å². The van der Waals surface area contributed by atoms with Gasteiger partial charge in [-0.25, -0.2) is 4.98 Å². The molecular weight excluding hydrogens is 404 g/mol. The lowest BCUT2D eigenvalue weighted by Gasteiger charge is -2.10. The van der Waals surface area contributed by atoms with Crippen LogP contribution in [0, 0.1) is 0 Å². The number of aromatic amines is 1. The maximum Gasteiger partial charge on any atom is 0.278 e. The Morgan fingerprint density at radius 2 is 1.84 bits per heavy atom. The van der Waals surface area contributed by atoms with Crippen LogP contribution in [0.25, 0.3) is 12.2 Å². The third-order valence-electron chi connectivity index (χ3n) is 4.78. The van der Waals surface area contributed by atoms with Crippen molar-refractivity contribution in [2.24, 2.45) is 0 Å². The fourth-order valence-corrected chi connectivity index (χ4v) is 2.80. The number of benzene rings is 1. The zero-order chi connectivity index (χ0) is 23.9. The Morgan fingerprint density at radius 1 is 1.16 bits per heavy atom. The van der Waals surface area contributed by atoms with Gasteiger partial charge in [-0.3, -0.25) is 9.59 Å². The molecule has 8 heteroatoms. The van der Waals surface area contributed by atoms with Gasteiger partial charge in [0.15, 0.2) is 12.2 Å². The standard InChI is InChI=1S/C16H24N6O2.C8H10/c1-3-10-5-12(8-20-14(10)4-2)22-15(23)9-21-16(24)13(19)6-11(18)7-17;1-2-8-6-4-3-5-7-8/h3-5,8,11,13H,1-2,6-7,9,17-19H2,(H,21,24)(H,22,23);3-7H,2H2,1H3/p+4. The van der Waals surface area contributed by atoms with Crippen LogP contribution in [0.1, 0.15) is 30.2 Å². The number of aryl methyl sites for hydroxylation is 1. The van der Waals surface area contributed by atoms with E-state index in [0.717, 1.165) is 17.7 Å². The van der Waals surface area contributed by atoms with Crippen molar-refractivity contribution in [3.8, 4) is 0 Å². The van der Waals surface area contributed by atoms with Gasteiger partial charge in [0.1, 0.15) is 18.3 Å². The number of rotatable bonds is 10. The molecule has 2 aromatic rings. The summed E-state index contributed by atoms with van der Waals surface area (Å²) in [4.78, 5) is 26.9. The van der Waals surface area contributed by atoms with Crippen LogP contribution >= 0.6 is 0 Å². The van der Waals surface area contributed by atoms with Crippen molar-refractivity contribution >= 4 is 29.7 Å². The van der Waals surface area contributed by atoms with E-state index < -0.39 is 6.04 Å². The number of H-pyrrole nitrogens is 1. The van der Waals surface area contributed by atoms with E-state index in [4.69, 9.17) is 0 Å². The summed E-state index contributed by atoms with van der Waals surface area (Å²) in [7, 11) is 0. The average Bonchev–Trinajstić information content (AvgIpc) is 2.83. The van der Waals surface area contributed by atoms with E-state index in [1.54, 1.807) is 24.4 Å². The van der Waals surface area contributed by atoms with Gasteiger partial charge in [-0.1, -0.05) is 56.5 Å². The first-order valence-electron chi connectivity index (χ1n) is 10.7. The lowest BCUT2D eigenvalue weighted by atomic mass is 10.1. The molecule has 0 radical (unpaired) electrons. The van der Waals surface area contributed by atoms with E-state index >= 15 is 0 Å². The molecule has 0 aliphatic heterocycles. The summed E-state index contributed by atoms with van der Waals surface area (Å²) in [6.45, 7) is 10.1. The summed E-state index contributed by atoms with van der Waals surface area (Å²) in [6, 6.07) is 11.8. The Hall–Kier alpha value is -3.33. The van der Waals surface area contributed by atoms with Crippen LogP contribution in [0.3, 0.4) is 0 Å². The number of pyridine rings is 1. The van der Waals surface area contributed by atoms with E-state index in [1.807, 2.05) is 6.07 Å². The Bertz CT molecular complexity index is 885. The predicted octanol–water partition coefficient (Wildman–Crippen LogP) is -1.06. The minimum atomic E-state index is -0.449. The Labute approximate surface area is 190 Å². The fraction of sp³-hybridized carbons (Fsp3) is 0.292. The number of carbonyl (C=O) groups is 2. The van der Waals surface area contributed by atoms with Crippen molar-refractivity contribution in [1.82, 2.24) is 5.32 Å². The van der Waals surface area contributed by atoms with Gasteiger partial charge in [0.05, 0.1) is 13.0 Å². The molecule has 2 rings (SSSR count). The van der Waals surface area contributed by atoms with E-state index in [9.17, 15) is 9.59 Å².